The molecule has 1 aromatic rings. The minimum absolute atomic E-state index is 0.00264. The van der Waals surface area contributed by atoms with Crippen molar-refractivity contribution < 1.29 is 19.1 Å². The molecule has 1 aliphatic heterocycles. The van der Waals surface area contributed by atoms with Gasteiger partial charge in [-0.3, -0.25) is 9.59 Å². The second-order valence-corrected chi connectivity index (χ2v) is 5.10. The van der Waals surface area contributed by atoms with Gasteiger partial charge in [-0.25, -0.2) is 0 Å². The summed E-state index contributed by atoms with van der Waals surface area (Å²) in [6.07, 6.45) is 3.33. The average Bonchev–Trinajstić information content (AvgIpc) is 2.98. The summed E-state index contributed by atoms with van der Waals surface area (Å²) >= 11 is 0. The molecule has 1 atom stereocenters. The molecule has 1 amide bonds. The van der Waals surface area contributed by atoms with Gasteiger partial charge in [0.25, 0.3) is 5.91 Å². The quantitative estimate of drug-likeness (QED) is 0.890. The van der Waals surface area contributed by atoms with Crippen LogP contribution in [0, 0.1) is 11.3 Å². The fourth-order valence-electron chi connectivity index (χ4n) is 2.47. The Morgan fingerprint density at radius 3 is 2.67 bits per heavy atom. The number of nitrogens with zero attached hydrogens (tertiary/aromatic N) is 1. The minimum Gasteiger partial charge on any atom is -0.481 e. The number of amides is 1. The molecular weight excluding hydrogens is 234 g/mol. The van der Waals surface area contributed by atoms with E-state index in [-0.39, 0.29) is 18.4 Å². The maximum atomic E-state index is 12.1. The second kappa shape index (κ2) is 4.48. The average molecular weight is 251 g/mol. The number of aliphatic carboxylic acids is 1. The van der Waals surface area contributed by atoms with Crippen molar-refractivity contribution in [1.29, 1.82) is 0 Å². The van der Waals surface area contributed by atoms with Gasteiger partial charge < -0.3 is 14.4 Å². The van der Waals surface area contributed by atoms with Crippen molar-refractivity contribution in [3.8, 4) is 0 Å². The van der Waals surface area contributed by atoms with E-state index in [4.69, 9.17) is 4.42 Å². The number of hydrogen-bond donors (Lipinski definition) is 1. The third kappa shape index (κ3) is 1.89. The molecule has 2 rings (SSSR count). The highest BCUT2D eigenvalue weighted by molar-refractivity contribution is 5.94. The van der Waals surface area contributed by atoms with Crippen molar-refractivity contribution in [2.75, 3.05) is 13.1 Å². The first-order valence-electron chi connectivity index (χ1n) is 6.02. The maximum absolute atomic E-state index is 12.1. The molecule has 0 aliphatic carbocycles. The van der Waals surface area contributed by atoms with E-state index in [1.165, 1.54) is 12.5 Å². The summed E-state index contributed by atoms with van der Waals surface area (Å²) in [4.78, 5) is 25.2. The highest BCUT2D eigenvalue weighted by atomic mass is 16.4. The Bertz CT molecular complexity index is 452. The maximum Gasteiger partial charge on any atom is 0.311 e. The van der Waals surface area contributed by atoms with E-state index in [9.17, 15) is 14.7 Å². The van der Waals surface area contributed by atoms with Crippen molar-refractivity contribution in [2.45, 2.75) is 20.3 Å². The molecule has 1 aromatic heterocycles. The number of carbonyl (C=O) groups excluding carboxylic acids is 1. The number of carboxylic acid groups (broad SMARTS) is 1. The fourth-order valence-corrected chi connectivity index (χ4v) is 2.47. The van der Waals surface area contributed by atoms with Crippen molar-refractivity contribution in [2.24, 2.45) is 11.3 Å². The Kier molecular flexibility index (Phi) is 3.15. The Hall–Kier alpha value is -1.78. The van der Waals surface area contributed by atoms with E-state index in [2.05, 4.69) is 0 Å². The molecule has 1 aliphatic rings. The summed E-state index contributed by atoms with van der Waals surface area (Å²) in [6, 6.07) is 1.60. The van der Waals surface area contributed by atoms with Gasteiger partial charge in [-0.1, -0.05) is 13.8 Å². The summed E-state index contributed by atoms with van der Waals surface area (Å²) in [7, 11) is 0. The lowest BCUT2D eigenvalue weighted by molar-refractivity contribution is -0.150. The molecule has 0 radical (unpaired) electrons. The monoisotopic (exact) mass is 251 g/mol. The standard InChI is InChI=1S/C13H17NO4/c1-9(2)13(12(16)17)4-5-14(8-13)11(15)10-3-6-18-7-10/h3,6-7,9H,4-5,8H2,1-2H3,(H,16,17). The Balaban J connectivity index is 2.17. The normalized spacial score (nSPS) is 23.6. The first-order valence-corrected chi connectivity index (χ1v) is 6.02. The van der Waals surface area contributed by atoms with Crippen LogP contribution in [0.1, 0.15) is 30.6 Å². The smallest absolute Gasteiger partial charge is 0.311 e. The lowest BCUT2D eigenvalue weighted by Crippen LogP contribution is -2.40. The molecule has 5 nitrogen and oxygen atoms in total. The summed E-state index contributed by atoms with van der Waals surface area (Å²) in [5, 5.41) is 9.41. The predicted molar refractivity (Wildman–Crippen MR) is 64.1 cm³/mol. The zero-order chi connectivity index (χ0) is 13.3. The Morgan fingerprint density at radius 2 is 2.22 bits per heavy atom. The molecular formula is C13H17NO4. The van der Waals surface area contributed by atoms with Gasteiger partial charge in [0.15, 0.2) is 0 Å². The molecule has 0 saturated carbocycles. The van der Waals surface area contributed by atoms with Gasteiger partial charge in [0, 0.05) is 13.1 Å². The molecule has 5 heteroatoms. The molecule has 0 aromatic carbocycles. The van der Waals surface area contributed by atoms with E-state index < -0.39 is 11.4 Å². The first kappa shape index (κ1) is 12.7. The van der Waals surface area contributed by atoms with Gasteiger partial charge in [-0.05, 0) is 18.4 Å². The third-order valence-corrected chi connectivity index (χ3v) is 3.89. The largest absolute Gasteiger partial charge is 0.481 e. The predicted octanol–water partition coefficient (Wildman–Crippen LogP) is 1.85. The zero-order valence-corrected chi connectivity index (χ0v) is 10.5. The summed E-state index contributed by atoms with van der Waals surface area (Å²) in [6.45, 7) is 4.53. The van der Waals surface area contributed by atoms with Crippen LogP contribution in [0.25, 0.3) is 0 Å². The third-order valence-electron chi connectivity index (χ3n) is 3.89. The SMILES string of the molecule is CC(C)C1(C(=O)O)CCN(C(=O)c2ccoc2)C1. The molecule has 0 bridgehead atoms. The van der Waals surface area contributed by atoms with Gasteiger partial charge in [-0.15, -0.1) is 0 Å². The van der Waals surface area contributed by atoms with Crippen LogP contribution in [0.5, 0.6) is 0 Å². The van der Waals surface area contributed by atoms with Crippen LogP contribution in [-0.4, -0.2) is 35.0 Å². The summed E-state index contributed by atoms with van der Waals surface area (Å²) < 4.78 is 4.88. The topological polar surface area (TPSA) is 70.8 Å². The highest BCUT2D eigenvalue weighted by Gasteiger charge is 2.48. The zero-order valence-electron chi connectivity index (χ0n) is 10.5. The van der Waals surface area contributed by atoms with Crippen LogP contribution >= 0.6 is 0 Å². The van der Waals surface area contributed by atoms with E-state index in [1.807, 2.05) is 13.8 Å². The fraction of sp³-hybridized carbons (Fsp3) is 0.538. The summed E-state index contributed by atoms with van der Waals surface area (Å²) in [5.74, 6) is -0.982. The summed E-state index contributed by atoms with van der Waals surface area (Å²) in [5.41, 5.74) is -0.348. The van der Waals surface area contributed by atoms with Gasteiger partial charge in [0.2, 0.25) is 0 Å². The molecule has 0 spiro atoms. The highest BCUT2D eigenvalue weighted by Crippen LogP contribution is 2.38. The molecule has 1 saturated heterocycles. The van der Waals surface area contributed by atoms with Crippen molar-refractivity contribution in [3.63, 3.8) is 0 Å². The number of rotatable bonds is 3. The van der Waals surface area contributed by atoms with Crippen LogP contribution in [0.2, 0.25) is 0 Å². The number of furan rings is 1. The van der Waals surface area contributed by atoms with Crippen LogP contribution in [-0.2, 0) is 4.79 Å². The van der Waals surface area contributed by atoms with Gasteiger partial charge in [-0.2, -0.15) is 0 Å². The van der Waals surface area contributed by atoms with Gasteiger partial charge in [0.05, 0.1) is 17.2 Å². The van der Waals surface area contributed by atoms with Crippen LogP contribution in [0.4, 0.5) is 0 Å². The lowest BCUT2D eigenvalue weighted by Gasteiger charge is -2.28. The first-order chi connectivity index (χ1) is 8.47. The molecule has 1 unspecified atom stereocenters. The number of carbonyl (C=O) groups is 2. The van der Waals surface area contributed by atoms with E-state index in [0.29, 0.717) is 18.5 Å². The lowest BCUT2D eigenvalue weighted by atomic mass is 9.76. The number of carboxylic acids is 1. The van der Waals surface area contributed by atoms with E-state index in [1.54, 1.807) is 11.0 Å². The van der Waals surface area contributed by atoms with Crippen LogP contribution in [0.15, 0.2) is 23.0 Å². The van der Waals surface area contributed by atoms with E-state index in [0.717, 1.165) is 0 Å². The molecule has 2 heterocycles. The van der Waals surface area contributed by atoms with Crippen molar-refractivity contribution in [1.82, 2.24) is 4.90 Å². The number of likely N-dealkylation sites (tertiary alicyclic amines) is 1. The Labute approximate surface area is 105 Å². The molecule has 1 N–H and O–H groups in total. The number of hydrogen-bond acceptors (Lipinski definition) is 3. The van der Waals surface area contributed by atoms with Gasteiger partial charge >= 0.3 is 5.97 Å². The van der Waals surface area contributed by atoms with Crippen molar-refractivity contribution in [3.05, 3.63) is 24.2 Å². The van der Waals surface area contributed by atoms with E-state index >= 15 is 0 Å². The molecule has 18 heavy (non-hydrogen) atoms. The van der Waals surface area contributed by atoms with Crippen LogP contribution < -0.4 is 0 Å². The molecule has 1 fully saturated rings. The minimum atomic E-state index is -0.820. The Morgan fingerprint density at radius 1 is 1.50 bits per heavy atom. The van der Waals surface area contributed by atoms with Gasteiger partial charge in [0.1, 0.15) is 6.26 Å². The van der Waals surface area contributed by atoms with Crippen LogP contribution in [0.3, 0.4) is 0 Å². The van der Waals surface area contributed by atoms with Crippen molar-refractivity contribution >= 4 is 11.9 Å². The second-order valence-electron chi connectivity index (χ2n) is 5.10. The molecule has 98 valence electrons.